The summed E-state index contributed by atoms with van der Waals surface area (Å²) in [7, 11) is 1.56. The van der Waals surface area contributed by atoms with Crippen molar-refractivity contribution in [1.29, 1.82) is 0 Å². The zero-order valence-electron chi connectivity index (χ0n) is 15.7. The van der Waals surface area contributed by atoms with E-state index in [-0.39, 0.29) is 30.2 Å². The Morgan fingerprint density at radius 3 is 2.44 bits per heavy atom. The number of nitrogens with zero attached hydrogens (tertiary/aromatic N) is 3. The molecule has 0 saturated carbocycles. The number of piperazine rings is 1. The standard InChI is InChI=1S/C19H25N3O5/c1-3-27-19(25)21-10-8-20(9-11-21)18(24)14-12-17(23)22(13-14)15-6-4-5-7-16(15)26-2/h4-7,14H,3,8-13H2,1-2H3. The van der Waals surface area contributed by atoms with E-state index in [1.165, 1.54) is 0 Å². The number of methoxy groups -OCH3 is 1. The number of anilines is 1. The lowest BCUT2D eigenvalue weighted by atomic mass is 10.1. The summed E-state index contributed by atoms with van der Waals surface area (Å²) >= 11 is 0. The molecular formula is C19H25N3O5. The van der Waals surface area contributed by atoms with Gasteiger partial charge in [-0.25, -0.2) is 4.79 Å². The third-order valence-corrected chi connectivity index (χ3v) is 4.97. The maximum absolute atomic E-state index is 12.9. The van der Waals surface area contributed by atoms with Crippen molar-refractivity contribution in [3.05, 3.63) is 24.3 Å². The van der Waals surface area contributed by atoms with Gasteiger partial charge in [0.05, 0.1) is 25.3 Å². The van der Waals surface area contributed by atoms with Crippen LogP contribution in [-0.4, -0.2) is 74.1 Å². The zero-order chi connectivity index (χ0) is 19.4. The summed E-state index contributed by atoms with van der Waals surface area (Å²) in [5.74, 6) is 0.117. The Balaban J connectivity index is 1.61. The molecule has 0 radical (unpaired) electrons. The van der Waals surface area contributed by atoms with Crippen LogP contribution in [0, 0.1) is 5.92 Å². The van der Waals surface area contributed by atoms with Gasteiger partial charge in [0.25, 0.3) is 0 Å². The molecule has 1 unspecified atom stereocenters. The molecule has 0 N–H and O–H groups in total. The molecule has 1 aromatic rings. The maximum Gasteiger partial charge on any atom is 0.409 e. The number of benzene rings is 1. The van der Waals surface area contributed by atoms with Crippen LogP contribution >= 0.6 is 0 Å². The average molecular weight is 375 g/mol. The highest BCUT2D eigenvalue weighted by molar-refractivity contribution is 6.01. The summed E-state index contributed by atoms with van der Waals surface area (Å²) in [6.45, 7) is 4.25. The molecule has 27 heavy (non-hydrogen) atoms. The maximum atomic E-state index is 12.9. The lowest BCUT2D eigenvalue weighted by Gasteiger charge is -2.35. The van der Waals surface area contributed by atoms with Crippen molar-refractivity contribution in [2.45, 2.75) is 13.3 Å². The van der Waals surface area contributed by atoms with Gasteiger partial charge in [-0.15, -0.1) is 0 Å². The van der Waals surface area contributed by atoms with Gasteiger partial charge < -0.3 is 24.2 Å². The molecule has 3 amide bonds. The van der Waals surface area contributed by atoms with Gasteiger partial charge in [-0.3, -0.25) is 9.59 Å². The normalized spacial score (nSPS) is 20.0. The second-order valence-electron chi connectivity index (χ2n) is 6.59. The number of rotatable bonds is 4. The van der Waals surface area contributed by atoms with Crippen LogP contribution in [0.25, 0.3) is 0 Å². The molecule has 2 aliphatic heterocycles. The van der Waals surface area contributed by atoms with Crippen LogP contribution in [-0.2, 0) is 14.3 Å². The Morgan fingerprint density at radius 2 is 1.78 bits per heavy atom. The Hall–Kier alpha value is -2.77. The Labute approximate surface area is 158 Å². The quantitative estimate of drug-likeness (QED) is 0.794. The fraction of sp³-hybridized carbons (Fsp3) is 0.526. The zero-order valence-corrected chi connectivity index (χ0v) is 15.7. The van der Waals surface area contributed by atoms with Gasteiger partial charge >= 0.3 is 6.09 Å². The smallest absolute Gasteiger partial charge is 0.409 e. The predicted molar refractivity (Wildman–Crippen MR) is 98.6 cm³/mol. The molecule has 8 nitrogen and oxygen atoms in total. The largest absolute Gasteiger partial charge is 0.495 e. The molecule has 2 saturated heterocycles. The van der Waals surface area contributed by atoms with E-state index in [9.17, 15) is 14.4 Å². The second kappa shape index (κ2) is 8.28. The highest BCUT2D eigenvalue weighted by atomic mass is 16.6. The summed E-state index contributed by atoms with van der Waals surface area (Å²) in [5, 5.41) is 0. The Kier molecular flexibility index (Phi) is 5.83. The van der Waals surface area contributed by atoms with Gasteiger partial charge in [0.2, 0.25) is 11.8 Å². The SMILES string of the molecule is CCOC(=O)N1CCN(C(=O)C2CC(=O)N(c3ccccc3OC)C2)CC1. The first-order valence-corrected chi connectivity index (χ1v) is 9.19. The molecule has 2 heterocycles. The number of ether oxygens (including phenoxy) is 2. The first-order valence-electron chi connectivity index (χ1n) is 9.19. The van der Waals surface area contributed by atoms with E-state index in [0.29, 0.717) is 50.8 Å². The van der Waals surface area contributed by atoms with Crippen molar-refractivity contribution in [1.82, 2.24) is 9.80 Å². The van der Waals surface area contributed by atoms with E-state index >= 15 is 0 Å². The molecule has 8 heteroatoms. The van der Waals surface area contributed by atoms with E-state index in [4.69, 9.17) is 9.47 Å². The Bertz CT molecular complexity index is 715. The van der Waals surface area contributed by atoms with Gasteiger partial charge in [0, 0.05) is 39.1 Å². The van der Waals surface area contributed by atoms with Crippen LogP contribution in [0.5, 0.6) is 5.75 Å². The van der Waals surface area contributed by atoms with Crippen LogP contribution in [0.15, 0.2) is 24.3 Å². The average Bonchev–Trinajstić information content (AvgIpc) is 3.09. The molecule has 0 aliphatic carbocycles. The first kappa shape index (κ1) is 19.0. The first-order chi connectivity index (χ1) is 13.0. The van der Waals surface area contributed by atoms with Crippen LogP contribution in [0.2, 0.25) is 0 Å². The number of hydrogen-bond acceptors (Lipinski definition) is 5. The number of amides is 3. The minimum absolute atomic E-state index is 0.0377. The molecule has 2 aliphatic rings. The predicted octanol–water partition coefficient (Wildman–Crippen LogP) is 1.35. The second-order valence-corrected chi connectivity index (χ2v) is 6.59. The van der Waals surface area contributed by atoms with E-state index in [2.05, 4.69) is 0 Å². The van der Waals surface area contributed by atoms with Gasteiger partial charge in [-0.05, 0) is 19.1 Å². The van der Waals surface area contributed by atoms with Gasteiger partial charge in [-0.2, -0.15) is 0 Å². The van der Waals surface area contributed by atoms with Crippen molar-refractivity contribution in [3.8, 4) is 5.75 Å². The fourth-order valence-electron chi connectivity index (χ4n) is 3.54. The summed E-state index contributed by atoms with van der Waals surface area (Å²) in [6, 6.07) is 7.30. The van der Waals surface area contributed by atoms with E-state index < -0.39 is 0 Å². The van der Waals surface area contributed by atoms with Crippen molar-refractivity contribution >= 4 is 23.6 Å². The summed E-state index contributed by atoms with van der Waals surface area (Å²) < 4.78 is 10.3. The molecule has 2 fully saturated rings. The van der Waals surface area contributed by atoms with Crippen LogP contribution in [0.4, 0.5) is 10.5 Å². The summed E-state index contributed by atoms with van der Waals surface area (Å²) in [4.78, 5) is 42.1. The molecule has 146 valence electrons. The highest BCUT2D eigenvalue weighted by Crippen LogP contribution is 2.33. The number of hydrogen-bond donors (Lipinski definition) is 0. The van der Waals surface area contributed by atoms with Crippen LogP contribution < -0.4 is 9.64 Å². The van der Waals surface area contributed by atoms with Gasteiger partial charge in [0.1, 0.15) is 5.75 Å². The summed E-state index contributed by atoms with van der Waals surface area (Å²) in [6.07, 6.45) is -0.155. The van der Waals surface area contributed by atoms with Gasteiger partial charge in [0.15, 0.2) is 0 Å². The van der Waals surface area contributed by atoms with Crippen molar-refractivity contribution < 1.29 is 23.9 Å². The molecule has 0 bridgehead atoms. The molecule has 0 spiro atoms. The van der Waals surface area contributed by atoms with E-state index in [0.717, 1.165) is 0 Å². The third kappa shape index (κ3) is 3.99. The van der Waals surface area contributed by atoms with Gasteiger partial charge in [-0.1, -0.05) is 12.1 Å². The van der Waals surface area contributed by atoms with Crippen LogP contribution in [0.3, 0.4) is 0 Å². The van der Waals surface area contributed by atoms with E-state index in [1.807, 2.05) is 18.2 Å². The number of para-hydroxylation sites is 2. The van der Waals surface area contributed by atoms with Crippen molar-refractivity contribution in [3.63, 3.8) is 0 Å². The minimum atomic E-state index is -0.378. The fourth-order valence-corrected chi connectivity index (χ4v) is 3.54. The number of carbonyl (C=O) groups excluding carboxylic acids is 3. The molecular weight excluding hydrogens is 350 g/mol. The third-order valence-electron chi connectivity index (χ3n) is 4.97. The lowest BCUT2D eigenvalue weighted by Crippen LogP contribution is -2.52. The summed E-state index contributed by atoms with van der Waals surface area (Å²) in [5.41, 5.74) is 0.687. The Morgan fingerprint density at radius 1 is 1.11 bits per heavy atom. The highest BCUT2D eigenvalue weighted by Gasteiger charge is 2.39. The molecule has 3 rings (SSSR count). The van der Waals surface area contributed by atoms with Crippen molar-refractivity contribution in [2.75, 3.05) is 51.3 Å². The van der Waals surface area contributed by atoms with Crippen LogP contribution in [0.1, 0.15) is 13.3 Å². The van der Waals surface area contributed by atoms with Crippen molar-refractivity contribution in [2.24, 2.45) is 5.92 Å². The van der Waals surface area contributed by atoms with E-state index in [1.54, 1.807) is 34.8 Å². The lowest BCUT2D eigenvalue weighted by molar-refractivity contribution is -0.137. The topological polar surface area (TPSA) is 79.4 Å². The monoisotopic (exact) mass is 375 g/mol. The minimum Gasteiger partial charge on any atom is -0.495 e. The molecule has 1 aromatic carbocycles. The molecule has 1 atom stereocenters. The number of carbonyl (C=O) groups is 3. The molecule has 0 aromatic heterocycles.